The van der Waals surface area contributed by atoms with Gasteiger partial charge in [-0.2, -0.15) is 0 Å². The second-order valence-electron chi connectivity index (χ2n) is 4.42. The van der Waals surface area contributed by atoms with Gasteiger partial charge in [0.2, 0.25) is 0 Å². The average molecular weight is 297 g/mol. The average Bonchev–Trinajstić information content (AvgIpc) is 2.37. The third-order valence-corrected chi connectivity index (χ3v) is 3.24. The summed E-state index contributed by atoms with van der Waals surface area (Å²) in [6.07, 6.45) is 2.88. The van der Waals surface area contributed by atoms with Crippen LogP contribution in [-0.4, -0.2) is 63.9 Å². The van der Waals surface area contributed by atoms with Gasteiger partial charge in [-0.3, -0.25) is 19.4 Å². The first-order valence-corrected chi connectivity index (χ1v) is 6.71. The third kappa shape index (κ3) is 2.98. The SMILES string of the molecule is CCN1C(=O)C(=C(O)C=CN(C)C)C(=O)N(CC)C1=S. The van der Waals surface area contributed by atoms with Gasteiger partial charge in [-0.1, -0.05) is 0 Å². The molecule has 7 heteroatoms. The van der Waals surface area contributed by atoms with Crippen LogP contribution < -0.4 is 0 Å². The summed E-state index contributed by atoms with van der Waals surface area (Å²) in [7, 11) is 3.54. The number of hydrogen-bond acceptors (Lipinski definition) is 5. The fourth-order valence-corrected chi connectivity index (χ4v) is 2.18. The molecule has 0 aliphatic carbocycles. The molecule has 1 fully saturated rings. The van der Waals surface area contributed by atoms with E-state index in [9.17, 15) is 14.7 Å². The van der Waals surface area contributed by atoms with Crippen molar-refractivity contribution in [1.29, 1.82) is 0 Å². The summed E-state index contributed by atoms with van der Waals surface area (Å²) in [5, 5.41) is 10.2. The fourth-order valence-electron chi connectivity index (χ4n) is 1.76. The van der Waals surface area contributed by atoms with Crippen LogP contribution in [0.1, 0.15) is 13.8 Å². The van der Waals surface area contributed by atoms with Crippen LogP contribution in [0.15, 0.2) is 23.6 Å². The molecule has 1 heterocycles. The smallest absolute Gasteiger partial charge is 0.269 e. The minimum atomic E-state index is -0.562. The molecule has 6 nitrogen and oxygen atoms in total. The highest BCUT2D eigenvalue weighted by atomic mass is 32.1. The van der Waals surface area contributed by atoms with Gasteiger partial charge in [0.1, 0.15) is 11.3 Å². The zero-order chi connectivity index (χ0) is 15.4. The van der Waals surface area contributed by atoms with E-state index >= 15 is 0 Å². The maximum Gasteiger partial charge on any atom is 0.269 e. The van der Waals surface area contributed by atoms with Crippen LogP contribution >= 0.6 is 12.2 Å². The van der Waals surface area contributed by atoms with Gasteiger partial charge in [-0.05, 0) is 32.1 Å². The van der Waals surface area contributed by atoms with Gasteiger partial charge >= 0.3 is 0 Å². The lowest BCUT2D eigenvalue weighted by Gasteiger charge is -2.35. The van der Waals surface area contributed by atoms with Crippen molar-refractivity contribution in [1.82, 2.24) is 14.7 Å². The molecule has 0 radical (unpaired) electrons. The zero-order valence-electron chi connectivity index (χ0n) is 12.1. The Hall–Kier alpha value is -1.89. The number of carbonyl (C=O) groups is 2. The minimum Gasteiger partial charge on any atom is -0.507 e. The summed E-state index contributed by atoms with van der Waals surface area (Å²) in [6, 6.07) is 0. The number of nitrogens with zero attached hydrogens (tertiary/aromatic N) is 3. The van der Waals surface area contributed by atoms with Crippen molar-refractivity contribution < 1.29 is 14.7 Å². The van der Waals surface area contributed by atoms with Gasteiger partial charge < -0.3 is 10.0 Å². The zero-order valence-corrected chi connectivity index (χ0v) is 12.9. The molecule has 1 saturated heterocycles. The summed E-state index contributed by atoms with van der Waals surface area (Å²) in [4.78, 5) is 28.8. The number of aliphatic hydroxyl groups is 1. The molecule has 0 aromatic heterocycles. The third-order valence-electron chi connectivity index (χ3n) is 2.80. The van der Waals surface area contributed by atoms with Crippen LogP contribution in [0.3, 0.4) is 0 Å². The van der Waals surface area contributed by atoms with E-state index in [4.69, 9.17) is 12.2 Å². The summed E-state index contributed by atoms with van der Waals surface area (Å²) in [6.45, 7) is 4.21. The summed E-state index contributed by atoms with van der Waals surface area (Å²) < 4.78 is 0. The van der Waals surface area contributed by atoms with Crippen LogP contribution in [0.5, 0.6) is 0 Å². The van der Waals surface area contributed by atoms with Crippen molar-refractivity contribution >= 4 is 29.1 Å². The molecule has 0 unspecified atom stereocenters. The molecule has 1 N–H and O–H groups in total. The first-order chi connectivity index (χ1) is 9.34. The first-order valence-electron chi connectivity index (χ1n) is 6.30. The summed E-state index contributed by atoms with van der Waals surface area (Å²) in [5.74, 6) is -1.48. The van der Waals surface area contributed by atoms with Gasteiger partial charge in [-0.25, -0.2) is 0 Å². The van der Waals surface area contributed by atoms with Crippen LogP contribution in [0.25, 0.3) is 0 Å². The Bertz CT molecular complexity index is 469. The largest absolute Gasteiger partial charge is 0.507 e. The van der Waals surface area contributed by atoms with Crippen molar-refractivity contribution in [2.75, 3.05) is 27.2 Å². The lowest BCUT2D eigenvalue weighted by Crippen LogP contribution is -2.56. The Morgan fingerprint density at radius 1 is 1.20 bits per heavy atom. The summed E-state index contributed by atoms with van der Waals surface area (Å²) in [5.41, 5.74) is -0.250. The molecule has 20 heavy (non-hydrogen) atoms. The van der Waals surface area contributed by atoms with E-state index in [1.807, 2.05) is 0 Å². The highest BCUT2D eigenvalue weighted by molar-refractivity contribution is 7.80. The maximum absolute atomic E-state index is 12.3. The van der Waals surface area contributed by atoms with E-state index in [1.54, 1.807) is 39.0 Å². The monoisotopic (exact) mass is 297 g/mol. The Kier molecular flexibility index (Phi) is 5.26. The highest BCUT2D eigenvalue weighted by Crippen LogP contribution is 2.20. The quantitative estimate of drug-likeness (QED) is 0.361. The molecular formula is C13H19N3O3S. The van der Waals surface area contributed by atoms with Gasteiger partial charge in [0.25, 0.3) is 11.8 Å². The molecule has 2 amide bonds. The van der Waals surface area contributed by atoms with Gasteiger partial charge in [-0.15, -0.1) is 0 Å². The lowest BCUT2D eigenvalue weighted by molar-refractivity contribution is -0.133. The van der Waals surface area contributed by atoms with E-state index in [0.717, 1.165) is 0 Å². The lowest BCUT2D eigenvalue weighted by atomic mass is 10.1. The Morgan fingerprint density at radius 3 is 2.00 bits per heavy atom. The molecule has 0 bridgehead atoms. The minimum absolute atomic E-state index is 0.179. The van der Waals surface area contributed by atoms with Crippen molar-refractivity contribution in [2.45, 2.75) is 13.8 Å². The Balaban J connectivity index is 3.29. The van der Waals surface area contributed by atoms with Gasteiger partial charge in [0, 0.05) is 33.4 Å². The van der Waals surface area contributed by atoms with Crippen molar-refractivity contribution in [2.24, 2.45) is 0 Å². The van der Waals surface area contributed by atoms with E-state index in [2.05, 4.69) is 0 Å². The number of thiocarbonyl (C=S) groups is 1. The number of aliphatic hydroxyl groups excluding tert-OH is 1. The van der Waals surface area contributed by atoms with Crippen LogP contribution in [0.4, 0.5) is 0 Å². The number of rotatable bonds is 4. The predicted molar refractivity (Wildman–Crippen MR) is 79.9 cm³/mol. The van der Waals surface area contributed by atoms with Crippen LogP contribution in [0.2, 0.25) is 0 Å². The van der Waals surface area contributed by atoms with E-state index in [0.29, 0.717) is 13.1 Å². The highest BCUT2D eigenvalue weighted by Gasteiger charge is 2.39. The molecule has 0 aromatic carbocycles. The Labute approximate surface area is 123 Å². The standard InChI is InChI=1S/C13H19N3O3S/c1-5-15-11(18)10(9(17)7-8-14(3)4)12(19)16(6-2)13(15)20/h7-8,17H,5-6H2,1-4H3. The number of likely N-dealkylation sites (N-methyl/N-ethyl adjacent to an activating group) is 2. The van der Waals surface area contributed by atoms with Crippen LogP contribution in [-0.2, 0) is 9.59 Å². The molecule has 0 atom stereocenters. The second-order valence-corrected chi connectivity index (χ2v) is 4.79. The fraction of sp³-hybridized carbons (Fsp3) is 0.462. The topological polar surface area (TPSA) is 64.1 Å². The molecule has 0 spiro atoms. The number of hydrogen-bond donors (Lipinski definition) is 1. The van der Waals surface area contributed by atoms with Crippen molar-refractivity contribution in [3.63, 3.8) is 0 Å². The molecule has 1 aliphatic rings. The van der Waals surface area contributed by atoms with Crippen molar-refractivity contribution in [3.8, 4) is 0 Å². The summed E-state index contributed by atoms with van der Waals surface area (Å²) >= 11 is 5.13. The molecular weight excluding hydrogens is 278 g/mol. The maximum atomic E-state index is 12.3. The molecule has 1 rings (SSSR count). The van der Waals surface area contributed by atoms with Gasteiger partial charge in [0.05, 0.1) is 0 Å². The van der Waals surface area contributed by atoms with Crippen molar-refractivity contribution in [3.05, 3.63) is 23.6 Å². The number of amides is 2. The van der Waals surface area contributed by atoms with E-state index in [-0.39, 0.29) is 16.4 Å². The molecule has 1 aliphatic heterocycles. The predicted octanol–water partition coefficient (Wildman–Crippen LogP) is 0.869. The number of allylic oxidation sites excluding steroid dienone is 1. The first kappa shape index (κ1) is 16.2. The second kappa shape index (κ2) is 6.51. The molecule has 110 valence electrons. The molecule has 0 saturated carbocycles. The van der Waals surface area contributed by atoms with Gasteiger partial charge in [0.15, 0.2) is 5.11 Å². The molecule has 0 aromatic rings. The van der Waals surface area contributed by atoms with E-state index in [1.165, 1.54) is 15.9 Å². The normalized spacial score (nSPS) is 16.4. The van der Waals surface area contributed by atoms with E-state index < -0.39 is 11.8 Å². The number of carbonyl (C=O) groups excluding carboxylic acids is 2. The Morgan fingerprint density at radius 2 is 1.65 bits per heavy atom. The van der Waals surface area contributed by atoms with Crippen LogP contribution in [0, 0.1) is 0 Å².